The van der Waals surface area contributed by atoms with Gasteiger partial charge in [-0.3, -0.25) is 0 Å². The van der Waals surface area contributed by atoms with E-state index < -0.39 is 23.5 Å². The van der Waals surface area contributed by atoms with Gasteiger partial charge in [-0.05, 0) is 25.2 Å². The molecule has 3 N–H and O–H groups in total. The number of aliphatic carboxylic acids is 1. The van der Waals surface area contributed by atoms with Crippen molar-refractivity contribution >= 4 is 12.0 Å². The van der Waals surface area contributed by atoms with Gasteiger partial charge in [-0.1, -0.05) is 20.8 Å². The van der Waals surface area contributed by atoms with Gasteiger partial charge in [0.15, 0.2) is 0 Å². The summed E-state index contributed by atoms with van der Waals surface area (Å²) in [6, 6.07) is -1.30. The molecule has 3 atom stereocenters. The van der Waals surface area contributed by atoms with Crippen LogP contribution >= 0.6 is 0 Å². The van der Waals surface area contributed by atoms with Crippen molar-refractivity contribution in [1.82, 2.24) is 10.6 Å². The lowest BCUT2D eigenvalue weighted by atomic mass is 9.87. The van der Waals surface area contributed by atoms with Gasteiger partial charge >= 0.3 is 12.0 Å². The molecule has 1 aliphatic rings. The van der Waals surface area contributed by atoms with Gasteiger partial charge < -0.3 is 20.5 Å². The number of hydrogen-bond donors (Lipinski definition) is 3. The van der Waals surface area contributed by atoms with Crippen LogP contribution < -0.4 is 10.6 Å². The zero-order valence-electron chi connectivity index (χ0n) is 12.0. The highest BCUT2D eigenvalue weighted by Crippen LogP contribution is 2.19. The molecular weight excluding hydrogens is 248 g/mol. The van der Waals surface area contributed by atoms with Crippen molar-refractivity contribution in [2.45, 2.75) is 58.7 Å². The Balaban J connectivity index is 2.51. The second-order valence-electron chi connectivity index (χ2n) is 6.16. The van der Waals surface area contributed by atoms with Crippen LogP contribution in [0.5, 0.6) is 0 Å². The topological polar surface area (TPSA) is 87.7 Å². The van der Waals surface area contributed by atoms with Crippen molar-refractivity contribution in [3.63, 3.8) is 0 Å². The predicted octanol–water partition coefficient (Wildman–Crippen LogP) is 1.35. The normalized spacial score (nSPS) is 25.5. The van der Waals surface area contributed by atoms with Gasteiger partial charge in [-0.2, -0.15) is 0 Å². The third-order valence-electron chi connectivity index (χ3n) is 3.21. The van der Waals surface area contributed by atoms with Crippen molar-refractivity contribution < 1.29 is 19.4 Å². The molecule has 0 saturated carbocycles. The van der Waals surface area contributed by atoms with E-state index in [-0.39, 0.29) is 12.1 Å². The summed E-state index contributed by atoms with van der Waals surface area (Å²) in [6.45, 7) is 7.92. The van der Waals surface area contributed by atoms with E-state index in [1.54, 1.807) is 20.8 Å². The lowest BCUT2D eigenvalue weighted by molar-refractivity contribution is -0.141. The zero-order chi connectivity index (χ0) is 14.6. The summed E-state index contributed by atoms with van der Waals surface area (Å²) in [5.74, 6) is -1.03. The van der Waals surface area contributed by atoms with Gasteiger partial charge in [0.05, 0.1) is 6.10 Å². The van der Waals surface area contributed by atoms with Gasteiger partial charge in [0.1, 0.15) is 6.04 Å². The highest BCUT2D eigenvalue weighted by Gasteiger charge is 2.33. The van der Waals surface area contributed by atoms with Crippen LogP contribution in [0.2, 0.25) is 0 Å². The number of urea groups is 1. The van der Waals surface area contributed by atoms with E-state index in [4.69, 9.17) is 9.84 Å². The third-order valence-corrected chi connectivity index (χ3v) is 3.21. The summed E-state index contributed by atoms with van der Waals surface area (Å²) < 4.78 is 5.40. The Hall–Kier alpha value is -1.30. The largest absolute Gasteiger partial charge is 0.480 e. The SMILES string of the molecule is CC1CC(NC(=O)N[C@@H](C(=O)O)C(C)(C)C)CCO1. The van der Waals surface area contributed by atoms with E-state index >= 15 is 0 Å². The number of nitrogens with one attached hydrogen (secondary N) is 2. The Labute approximate surface area is 113 Å². The molecule has 2 amide bonds. The van der Waals surface area contributed by atoms with E-state index in [9.17, 15) is 9.59 Å². The number of carboxylic acids is 1. The molecule has 0 aromatic carbocycles. The Morgan fingerprint density at radius 1 is 1.37 bits per heavy atom. The summed E-state index contributed by atoms with van der Waals surface area (Å²) >= 11 is 0. The maximum atomic E-state index is 11.9. The molecule has 0 aromatic rings. The Morgan fingerprint density at radius 3 is 2.47 bits per heavy atom. The maximum Gasteiger partial charge on any atom is 0.326 e. The van der Waals surface area contributed by atoms with Crippen LogP contribution in [0.3, 0.4) is 0 Å². The molecule has 0 spiro atoms. The van der Waals surface area contributed by atoms with Crippen molar-refractivity contribution in [3.05, 3.63) is 0 Å². The number of hydrogen-bond acceptors (Lipinski definition) is 3. The monoisotopic (exact) mass is 272 g/mol. The second-order valence-corrected chi connectivity index (χ2v) is 6.16. The van der Waals surface area contributed by atoms with Crippen molar-refractivity contribution in [2.75, 3.05) is 6.61 Å². The number of amides is 2. The molecule has 110 valence electrons. The number of carbonyl (C=O) groups is 2. The highest BCUT2D eigenvalue weighted by atomic mass is 16.5. The first kappa shape index (κ1) is 15.8. The van der Waals surface area contributed by atoms with Crippen LogP contribution in [0.25, 0.3) is 0 Å². The molecule has 19 heavy (non-hydrogen) atoms. The second kappa shape index (κ2) is 6.23. The van der Waals surface area contributed by atoms with Crippen molar-refractivity contribution in [3.8, 4) is 0 Å². The molecule has 1 saturated heterocycles. The van der Waals surface area contributed by atoms with Crippen LogP contribution in [0, 0.1) is 5.41 Å². The van der Waals surface area contributed by atoms with Crippen molar-refractivity contribution in [1.29, 1.82) is 0 Å². The average molecular weight is 272 g/mol. The van der Waals surface area contributed by atoms with E-state index in [0.717, 1.165) is 12.8 Å². The van der Waals surface area contributed by atoms with Gasteiger partial charge in [0.2, 0.25) is 0 Å². The van der Waals surface area contributed by atoms with Gasteiger partial charge in [-0.15, -0.1) is 0 Å². The Kier molecular flexibility index (Phi) is 5.17. The van der Waals surface area contributed by atoms with E-state index in [1.807, 2.05) is 6.92 Å². The number of ether oxygens (including phenoxy) is 1. The van der Waals surface area contributed by atoms with E-state index in [0.29, 0.717) is 6.61 Å². The van der Waals surface area contributed by atoms with Gasteiger partial charge in [0.25, 0.3) is 0 Å². The molecule has 0 bridgehead atoms. The summed E-state index contributed by atoms with van der Waals surface area (Å²) in [5.41, 5.74) is -0.536. The number of rotatable bonds is 3. The molecule has 1 rings (SSSR count). The van der Waals surface area contributed by atoms with E-state index in [2.05, 4.69) is 10.6 Å². The number of carbonyl (C=O) groups excluding carboxylic acids is 1. The molecule has 2 unspecified atom stereocenters. The Morgan fingerprint density at radius 2 is 2.00 bits per heavy atom. The molecular formula is C13H24N2O4. The quantitative estimate of drug-likeness (QED) is 0.723. The molecule has 6 nitrogen and oxygen atoms in total. The zero-order valence-corrected chi connectivity index (χ0v) is 12.0. The summed E-state index contributed by atoms with van der Waals surface area (Å²) in [5, 5.41) is 14.5. The first-order chi connectivity index (χ1) is 8.70. The maximum absolute atomic E-state index is 11.9. The van der Waals surface area contributed by atoms with Crippen LogP contribution in [-0.4, -0.2) is 41.9 Å². The van der Waals surface area contributed by atoms with Gasteiger partial charge in [-0.25, -0.2) is 9.59 Å². The summed E-state index contributed by atoms with van der Waals surface area (Å²) in [6.07, 6.45) is 1.63. The minimum atomic E-state index is -1.03. The Bertz CT molecular complexity index is 338. The fourth-order valence-corrected chi connectivity index (χ4v) is 2.14. The molecule has 0 radical (unpaired) electrons. The molecule has 0 aliphatic carbocycles. The molecule has 1 aliphatic heterocycles. The fourth-order valence-electron chi connectivity index (χ4n) is 2.14. The first-order valence-corrected chi connectivity index (χ1v) is 6.61. The first-order valence-electron chi connectivity index (χ1n) is 6.61. The standard InChI is InChI=1S/C13H24N2O4/c1-8-7-9(5-6-19-8)14-12(18)15-10(11(16)17)13(2,3)4/h8-10H,5-7H2,1-4H3,(H,16,17)(H2,14,15,18)/t8?,9?,10-/m0/s1. The summed E-state index contributed by atoms with van der Waals surface area (Å²) in [4.78, 5) is 23.0. The fraction of sp³-hybridized carbons (Fsp3) is 0.846. The van der Waals surface area contributed by atoms with Crippen molar-refractivity contribution in [2.24, 2.45) is 5.41 Å². The highest BCUT2D eigenvalue weighted by molar-refractivity contribution is 5.83. The molecule has 6 heteroatoms. The van der Waals surface area contributed by atoms with E-state index in [1.165, 1.54) is 0 Å². The lowest BCUT2D eigenvalue weighted by Gasteiger charge is -2.31. The molecule has 1 heterocycles. The van der Waals surface area contributed by atoms with Gasteiger partial charge in [0, 0.05) is 12.6 Å². The third kappa shape index (κ3) is 5.06. The summed E-state index contributed by atoms with van der Waals surface area (Å²) in [7, 11) is 0. The van der Waals surface area contributed by atoms with Crippen LogP contribution in [0.4, 0.5) is 4.79 Å². The number of carboxylic acid groups (broad SMARTS) is 1. The molecule has 1 fully saturated rings. The minimum absolute atomic E-state index is 0.0400. The average Bonchev–Trinajstić information content (AvgIpc) is 2.24. The predicted molar refractivity (Wildman–Crippen MR) is 71.0 cm³/mol. The van der Waals surface area contributed by atoms with Crippen LogP contribution in [0.1, 0.15) is 40.5 Å². The minimum Gasteiger partial charge on any atom is -0.480 e. The van der Waals surface area contributed by atoms with Crippen LogP contribution in [-0.2, 0) is 9.53 Å². The molecule has 0 aromatic heterocycles. The smallest absolute Gasteiger partial charge is 0.326 e. The van der Waals surface area contributed by atoms with Crippen LogP contribution in [0.15, 0.2) is 0 Å². The lowest BCUT2D eigenvalue weighted by Crippen LogP contribution is -2.54.